The number of nitrogens with zero attached hydrogens (tertiary/aromatic N) is 1. The molecular formula is C19H34N2. The van der Waals surface area contributed by atoms with Crippen LogP contribution in [0.2, 0.25) is 0 Å². The van der Waals surface area contributed by atoms with Gasteiger partial charge in [-0.2, -0.15) is 0 Å². The first-order valence-corrected chi connectivity index (χ1v) is 9.58. The van der Waals surface area contributed by atoms with Crippen molar-refractivity contribution in [1.29, 1.82) is 0 Å². The smallest absolute Gasteiger partial charge is 0.0107 e. The molecule has 5 rings (SSSR count). The summed E-state index contributed by atoms with van der Waals surface area (Å²) >= 11 is 0. The summed E-state index contributed by atoms with van der Waals surface area (Å²) in [5.41, 5.74) is 1.39. The van der Waals surface area contributed by atoms with E-state index in [0.29, 0.717) is 10.8 Å². The van der Waals surface area contributed by atoms with Crippen LogP contribution in [0.4, 0.5) is 0 Å². The molecule has 4 bridgehead atoms. The number of likely N-dealkylation sites (tertiary alicyclic amines) is 1. The van der Waals surface area contributed by atoms with E-state index >= 15 is 0 Å². The molecule has 120 valence electrons. The molecule has 1 aliphatic heterocycles. The molecule has 2 atom stereocenters. The molecule has 4 saturated carbocycles. The SMILES string of the molecule is CC12CC3CC(C1)CC(CNCCN1CCCCC1)(C3)C2. The Morgan fingerprint density at radius 2 is 1.71 bits per heavy atom. The van der Waals surface area contributed by atoms with Gasteiger partial charge >= 0.3 is 0 Å². The normalized spacial score (nSPS) is 46.1. The second kappa shape index (κ2) is 5.53. The summed E-state index contributed by atoms with van der Waals surface area (Å²) in [6.07, 6.45) is 13.5. The summed E-state index contributed by atoms with van der Waals surface area (Å²) in [5, 5.41) is 3.87. The van der Waals surface area contributed by atoms with Crippen LogP contribution in [0.15, 0.2) is 0 Å². The average Bonchev–Trinajstić information content (AvgIpc) is 2.42. The van der Waals surface area contributed by atoms with Crippen molar-refractivity contribution < 1.29 is 0 Å². The molecule has 2 nitrogen and oxygen atoms in total. The largest absolute Gasteiger partial charge is 0.315 e. The first-order chi connectivity index (χ1) is 10.1. The van der Waals surface area contributed by atoms with Gasteiger partial charge in [-0.1, -0.05) is 13.3 Å². The minimum atomic E-state index is 0.681. The van der Waals surface area contributed by atoms with E-state index < -0.39 is 0 Å². The van der Waals surface area contributed by atoms with E-state index in [-0.39, 0.29) is 0 Å². The maximum atomic E-state index is 3.87. The number of nitrogens with one attached hydrogen (secondary N) is 1. The highest BCUT2D eigenvalue weighted by Gasteiger charge is 2.55. The molecule has 21 heavy (non-hydrogen) atoms. The van der Waals surface area contributed by atoms with Gasteiger partial charge in [0.1, 0.15) is 0 Å². The first-order valence-electron chi connectivity index (χ1n) is 9.58. The van der Waals surface area contributed by atoms with Gasteiger partial charge in [-0.05, 0) is 87.1 Å². The fraction of sp³-hybridized carbons (Fsp3) is 1.00. The third kappa shape index (κ3) is 3.03. The Kier molecular flexibility index (Phi) is 3.82. The highest BCUT2D eigenvalue weighted by atomic mass is 15.1. The Bertz CT molecular complexity index is 358. The van der Waals surface area contributed by atoms with E-state index in [0.717, 1.165) is 11.8 Å². The van der Waals surface area contributed by atoms with Crippen LogP contribution in [0, 0.1) is 22.7 Å². The molecule has 5 aliphatic rings. The lowest BCUT2D eigenvalue weighted by atomic mass is 9.44. The van der Waals surface area contributed by atoms with Crippen LogP contribution in [0.25, 0.3) is 0 Å². The fourth-order valence-corrected chi connectivity index (χ4v) is 6.91. The van der Waals surface area contributed by atoms with Gasteiger partial charge in [0.25, 0.3) is 0 Å². The minimum absolute atomic E-state index is 0.681. The van der Waals surface area contributed by atoms with E-state index in [2.05, 4.69) is 17.1 Å². The lowest BCUT2D eigenvalue weighted by Crippen LogP contribution is -2.54. The molecule has 1 N–H and O–H groups in total. The summed E-state index contributed by atoms with van der Waals surface area (Å²) in [6.45, 7) is 9.08. The van der Waals surface area contributed by atoms with Gasteiger partial charge in [-0.25, -0.2) is 0 Å². The lowest BCUT2D eigenvalue weighted by molar-refractivity contribution is -0.0998. The molecule has 4 aliphatic carbocycles. The Morgan fingerprint density at radius 1 is 1.00 bits per heavy atom. The molecule has 0 radical (unpaired) electrons. The highest BCUT2D eigenvalue weighted by molar-refractivity contribution is 5.06. The zero-order valence-corrected chi connectivity index (χ0v) is 14.0. The van der Waals surface area contributed by atoms with Crippen molar-refractivity contribution in [3.05, 3.63) is 0 Å². The minimum Gasteiger partial charge on any atom is -0.315 e. The monoisotopic (exact) mass is 290 g/mol. The van der Waals surface area contributed by atoms with E-state index in [4.69, 9.17) is 0 Å². The second-order valence-electron chi connectivity index (χ2n) is 9.35. The molecule has 2 unspecified atom stereocenters. The van der Waals surface area contributed by atoms with Gasteiger partial charge in [0.05, 0.1) is 0 Å². The Balaban J connectivity index is 1.27. The molecule has 0 spiro atoms. The summed E-state index contributed by atoms with van der Waals surface area (Å²) in [7, 11) is 0. The standard InChI is InChI=1S/C19H34N2/c1-18-10-16-9-17(11-18)13-19(12-16,14-18)15-20-5-8-21-6-3-2-4-7-21/h16-17,20H,2-15H2,1H3. The fourth-order valence-electron chi connectivity index (χ4n) is 6.91. The van der Waals surface area contributed by atoms with Gasteiger partial charge in [-0.15, -0.1) is 0 Å². The highest BCUT2D eigenvalue weighted by Crippen LogP contribution is 2.64. The van der Waals surface area contributed by atoms with Crippen molar-refractivity contribution in [1.82, 2.24) is 10.2 Å². The van der Waals surface area contributed by atoms with Crippen molar-refractivity contribution in [2.24, 2.45) is 22.7 Å². The topological polar surface area (TPSA) is 15.3 Å². The number of rotatable bonds is 5. The molecule has 5 fully saturated rings. The van der Waals surface area contributed by atoms with E-state index in [1.54, 1.807) is 19.3 Å². The summed E-state index contributed by atoms with van der Waals surface area (Å²) in [5.74, 6) is 2.14. The zero-order valence-electron chi connectivity index (χ0n) is 14.0. The van der Waals surface area contributed by atoms with Crippen LogP contribution >= 0.6 is 0 Å². The predicted molar refractivity (Wildman–Crippen MR) is 88.4 cm³/mol. The van der Waals surface area contributed by atoms with Crippen molar-refractivity contribution in [2.75, 3.05) is 32.7 Å². The third-order valence-corrected chi connectivity index (χ3v) is 7.03. The van der Waals surface area contributed by atoms with Gasteiger partial charge in [0, 0.05) is 19.6 Å². The van der Waals surface area contributed by atoms with Crippen LogP contribution in [-0.2, 0) is 0 Å². The summed E-state index contributed by atoms with van der Waals surface area (Å²) < 4.78 is 0. The maximum Gasteiger partial charge on any atom is 0.0107 e. The van der Waals surface area contributed by atoms with Crippen LogP contribution in [0.1, 0.15) is 64.7 Å². The van der Waals surface area contributed by atoms with E-state index in [9.17, 15) is 0 Å². The molecule has 0 aromatic heterocycles. The Labute approximate surface area is 131 Å². The summed E-state index contributed by atoms with van der Waals surface area (Å²) in [4.78, 5) is 2.66. The van der Waals surface area contributed by atoms with Crippen LogP contribution in [-0.4, -0.2) is 37.6 Å². The van der Waals surface area contributed by atoms with Crippen molar-refractivity contribution in [3.63, 3.8) is 0 Å². The van der Waals surface area contributed by atoms with Crippen LogP contribution in [0.3, 0.4) is 0 Å². The van der Waals surface area contributed by atoms with Crippen LogP contribution < -0.4 is 5.32 Å². The molecule has 1 saturated heterocycles. The summed E-state index contributed by atoms with van der Waals surface area (Å²) in [6, 6.07) is 0. The van der Waals surface area contributed by atoms with Crippen molar-refractivity contribution in [3.8, 4) is 0 Å². The van der Waals surface area contributed by atoms with Gasteiger partial charge in [0.15, 0.2) is 0 Å². The molecular weight excluding hydrogens is 256 g/mol. The van der Waals surface area contributed by atoms with Crippen molar-refractivity contribution in [2.45, 2.75) is 64.7 Å². The average molecular weight is 290 g/mol. The Morgan fingerprint density at radius 3 is 2.38 bits per heavy atom. The first kappa shape index (κ1) is 14.5. The van der Waals surface area contributed by atoms with Gasteiger partial charge in [0.2, 0.25) is 0 Å². The number of hydrogen-bond acceptors (Lipinski definition) is 2. The lowest BCUT2D eigenvalue weighted by Gasteiger charge is -2.61. The molecule has 1 heterocycles. The number of hydrogen-bond donors (Lipinski definition) is 1. The van der Waals surface area contributed by atoms with Crippen LogP contribution in [0.5, 0.6) is 0 Å². The van der Waals surface area contributed by atoms with Gasteiger partial charge in [-0.3, -0.25) is 0 Å². The maximum absolute atomic E-state index is 3.87. The quantitative estimate of drug-likeness (QED) is 0.777. The zero-order chi connectivity index (χ0) is 14.3. The molecule has 2 heteroatoms. The Hall–Kier alpha value is -0.0800. The van der Waals surface area contributed by atoms with E-state index in [1.807, 2.05) is 0 Å². The van der Waals surface area contributed by atoms with Gasteiger partial charge < -0.3 is 10.2 Å². The molecule has 0 aromatic rings. The predicted octanol–water partition coefficient (Wildman–Crippen LogP) is 3.67. The molecule has 0 amide bonds. The second-order valence-corrected chi connectivity index (χ2v) is 9.35. The van der Waals surface area contributed by atoms with Crippen molar-refractivity contribution >= 4 is 0 Å². The third-order valence-electron chi connectivity index (χ3n) is 7.03. The van der Waals surface area contributed by atoms with E-state index in [1.165, 1.54) is 71.2 Å². The number of piperidine rings is 1. The molecule has 0 aromatic carbocycles.